The van der Waals surface area contributed by atoms with Gasteiger partial charge in [-0.1, -0.05) is 0 Å². The van der Waals surface area contributed by atoms with E-state index in [0.29, 0.717) is 31.5 Å². The molecule has 0 radical (unpaired) electrons. The predicted molar refractivity (Wildman–Crippen MR) is 80.3 cm³/mol. The van der Waals surface area contributed by atoms with Crippen LogP contribution in [0, 0.1) is 5.92 Å². The summed E-state index contributed by atoms with van der Waals surface area (Å²) in [5, 5.41) is 0. The molecule has 0 bridgehead atoms. The summed E-state index contributed by atoms with van der Waals surface area (Å²) in [6.45, 7) is 2.90. The third kappa shape index (κ3) is 3.61. The molecule has 5 nitrogen and oxygen atoms in total. The van der Waals surface area contributed by atoms with Crippen LogP contribution >= 0.6 is 0 Å². The number of hydrogen-bond acceptors (Lipinski definition) is 4. The minimum absolute atomic E-state index is 0.0180. The first kappa shape index (κ1) is 15.5. The fourth-order valence-corrected chi connectivity index (χ4v) is 2.64. The summed E-state index contributed by atoms with van der Waals surface area (Å²) in [7, 11) is 1.60. The van der Waals surface area contributed by atoms with Gasteiger partial charge in [-0.15, -0.1) is 0 Å². The number of ether oxygens (including phenoxy) is 1. The molecule has 1 aromatic rings. The van der Waals surface area contributed by atoms with E-state index in [1.54, 1.807) is 43.2 Å². The van der Waals surface area contributed by atoms with Crippen molar-refractivity contribution in [3.63, 3.8) is 0 Å². The molecule has 1 heterocycles. The molecule has 1 aliphatic heterocycles. The van der Waals surface area contributed by atoms with Gasteiger partial charge in [0.25, 0.3) is 0 Å². The smallest absolute Gasteiger partial charge is 0.239 e. The minimum Gasteiger partial charge on any atom is -0.497 e. The number of methoxy groups -OCH3 is 1. The number of Topliss-reactive ketones (excluding diaryl/α,β-unsaturated/α-hetero) is 1. The van der Waals surface area contributed by atoms with E-state index in [-0.39, 0.29) is 17.6 Å². The van der Waals surface area contributed by atoms with Crippen LogP contribution in [0.25, 0.3) is 0 Å². The summed E-state index contributed by atoms with van der Waals surface area (Å²) >= 11 is 0. The van der Waals surface area contributed by atoms with Gasteiger partial charge in [-0.3, -0.25) is 9.59 Å². The number of nitrogens with two attached hydrogens (primary N) is 1. The lowest BCUT2D eigenvalue weighted by Gasteiger charge is -2.32. The van der Waals surface area contributed by atoms with Gasteiger partial charge in [0.05, 0.1) is 13.2 Å². The van der Waals surface area contributed by atoms with Crippen molar-refractivity contribution in [2.24, 2.45) is 11.7 Å². The van der Waals surface area contributed by atoms with E-state index in [1.165, 1.54) is 0 Å². The molecular formula is C16H22N2O3. The molecule has 0 saturated carbocycles. The minimum atomic E-state index is -0.473. The number of carbonyl (C=O) groups is 2. The third-order valence-electron chi connectivity index (χ3n) is 3.94. The Balaban J connectivity index is 1.95. The molecule has 1 fully saturated rings. The standard InChI is InChI=1S/C16H22N2O3/c1-11(17)16(20)18-9-7-13(8-10-18)15(19)12-3-5-14(21-2)6-4-12/h3-6,11,13H,7-10,17H2,1-2H3. The van der Waals surface area contributed by atoms with Gasteiger partial charge >= 0.3 is 0 Å². The number of ketones is 1. The summed E-state index contributed by atoms with van der Waals surface area (Å²) in [5.41, 5.74) is 6.31. The lowest BCUT2D eigenvalue weighted by molar-refractivity contribution is -0.133. The van der Waals surface area contributed by atoms with Gasteiger partial charge in [0, 0.05) is 24.6 Å². The monoisotopic (exact) mass is 290 g/mol. The summed E-state index contributed by atoms with van der Waals surface area (Å²) in [6, 6.07) is 6.70. The van der Waals surface area contributed by atoms with Crippen molar-refractivity contribution in [2.75, 3.05) is 20.2 Å². The zero-order valence-electron chi connectivity index (χ0n) is 12.5. The predicted octanol–water partition coefficient (Wildman–Crippen LogP) is 1.46. The van der Waals surface area contributed by atoms with E-state index in [0.717, 1.165) is 5.75 Å². The highest BCUT2D eigenvalue weighted by molar-refractivity contribution is 5.98. The zero-order valence-corrected chi connectivity index (χ0v) is 12.5. The summed E-state index contributed by atoms with van der Waals surface area (Å²) in [6.07, 6.45) is 1.40. The normalized spacial score (nSPS) is 17.4. The van der Waals surface area contributed by atoms with Crippen LogP contribution in [-0.4, -0.2) is 42.8 Å². The molecule has 21 heavy (non-hydrogen) atoms. The van der Waals surface area contributed by atoms with Crippen LogP contribution in [0.1, 0.15) is 30.1 Å². The highest BCUT2D eigenvalue weighted by Crippen LogP contribution is 2.23. The summed E-state index contributed by atoms with van der Waals surface area (Å²) < 4.78 is 5.09. The first-order valence-corrected chi connectivity index (χ1v) is 7.25. The molecule has 1 aromatic carbocycles. The number of piperidine rings is 1. The average Bonchev–Trinajstić information content (AvgIpc) is 2.53. The molecule has 1 saturated heterocycles. The molecule has 2 N–H and O–H groups in total. The van der Waals surface area contributed by atoms with Crippen LogP contribution in [0.3, 0.4) is 0 Å². The number of amides is 1. The number of benzene rings is 1. The molecule has 0 aliphatic carbocycles. The van der Waals surface area contributed by atoms with Crippen LogP contribution in [0.4, 0.5) is 0 Å². The van der Waals surface area contributed by atoms with Crippen molar-refractivity contribution >= 4 is 11.7 Å². The van der Waals surface area contributed by atoms with Crippen LogP contribution in [0.2, 0.25) is 0 Å². The van der Waals surface area contributed by atoms with Gasteiger partial charge in [-0.2, -0.15) is 0 Å². The maximum atomic E-state index is 12.4. The van der Waals surface area contributed by atoms with E-state index in [9.17, 15) is 9.59 Å². The van der Waals surface area contributed by atoms with Crippen molar-refractivity contribution in [3.8, 4) is 5.75 Å². The number of hydrogen-bond donors (Lipinski definition) is 1. The molecule has 114 valence electrons. The zero-order chi connectivity index (χ0) is 15.4. The van der Waals surface area contributed by atoms with Crippen molar-refractivity contribution in [1.82, 2.24) is 4.90 Å². The molecule has 2 rings (SSSR count). The van der Waals surface area contributed by atoms with Crippen LogP contribution in [0.5, 0.6) is 5.75 Å². The number of carbonyl (C=O) groups excluding carboxylic acids is 2. The largest absolute Gasteiger partial charge is 0.497 e. The van der Waals surface area contributed by atoms with Crippen LogP contribution in [-0.2, 0) is 4.79 Å². The number of nitrogens with zero attached hydrogens (tertiary/aromatic N) is 1. The van der Waals surface area contributed by atoms with Gasteiger partial charge in [0.2, 0.25) is 5.91 Å². The first-order valence-electron chi connectivity index (χ1n) is 7.25. The number of rotatable bonds is 4. The Morgan fingerprint density at radius 2 is 1.81 bits per heavy atom. The van der Waals surface area contributed by atoms with Gasteiger partial charge < -0.3 is 15.4 Å². The Morgan fingerprint density at radius 1 is 1.24 bits per heavy atom. The van der Waals surface area contributed by atoms with E-state index < -0.39 is 6.04 Å². The molecule has 1 atom stereocenters. The van der Waals surface area contributed by atoms with Crippen LogP contribution in [0.15, 0.2) is 24.3 Å². The van der Waals surface area contributed by atoms with Crippen molar-refractivity contribution < 1.29 is 14.3 Å². The third-order valence-corrected chi connectivity index (χ3v) is 3.94. The quantitative estimate of drug-likeness (QED) is 0.852. The van der Waals surface area contributed by atoms with Gasteiger partial charge in [-0.25, -0.2) is 0 Å². The molecular weight excluding hydrogens is 268 g/mol. The Kier molecular flexibility index (Phi) is 4.96. The molecule has 1 amide bonds. The lowest BCUT2D eigenvalue weighted by Crippen LogP contribution is -2.46. The fraction of sp³-hybridized carbons (Fsp3) is 0.500. The van der Waals surface area contributed by atoms with Crippen molar-refractivity contribution in [1.29, 1.82) is 0 Å². The summed E-state index contributed by atoms with van der Waals surface area (Å²) in [5.74, 6) is 0.829. The highest BCUT2D eigenvalue weighted by Gasteiger charge is 2.28. The van der Waals surface area contributed by atoms with Gasteiger partial charge in [-0.05, 0) is 44.0 Å². The Hall–Kier alpha value is -1.88. The van der Waals surface area contributed by atoms with Crippen LogP contribution < -0.4 is 10.5 Å². The van der Waals surface area contributed by atoms with Crippen molar-refractivity contribution in [3.05, 3.63) is 29.8 Å². The van der Waals surface area contributed by atoms with E-state index in [2.05, 4.69) is 0 Å². The second-order valence-electron chi connectivity index (χ2n) is 5.48. The SMILES string of the molecule is COc1ccc(C(=O)C2CCN(C(=O)C(C)N)CC2)cc1. The maximum Gasteiger partial charge on any atom is 0.239 e. The molecule has 5 heteroatoms. The Bertz CT molecular complexity index is 503. The Morgan fingerprint density at radius 3 is 2.29 bits per heavy atom. The fourth-order valence-electron chi connectivity index (χ4n) is 2.64. The lowest BCUT2D eigenvalue weighted by atomic mass is 9.88. The topological polar surface area (TPSA) is 72.6 Å². The molecule has 0 spiro atoms. The molecule has 1 aliphatic rings. The Labute approximate surface area is 125 Å². The first-order chi connectivity index (χ1) is 10.0. The molecule has 0 aromatic heterocycles. The van der Waals surface area contributed by atoms with E-state index in [1.807, 2.05) is 0 Å². The average molecular weight is 290 g/mol. The van der Waals surface area contributed by atoms with E-state index in [4.69, 9.17) is 10.5 Å². The molecule has 1 unspecified atom stereocenters. The van der Waals surface area contributed by atoms with Gasteiger partial charge in [0.1, 0.15) is 5.75 Å². The summed E-state index contributed by atoms with van der Waals surface area (Å²) in [4.78, 5) is 26.0. The highest BCUT2D eigenvalue weighted by atomic mass is 16.5. The number of likely N-dealkylation sites (tertiary alicyclic amines) is 1. The second kappa shape index (κ2) is 6.72. The maximum absolute atomic E-state index is 12.4. The van der Waals surface area contributed by atoms with Gasteiger partial charge in [0.15, 0.2) is 5.78 Å². The van der Waals surface area contributed by atoms with E-state index >= 15 is 0 Å². The second-order valence-corrected chi connectivity index (χ2v) is 5.48. The van der Waals surface area contributed by atoms with Crippen molar-refractivity contribution in [2.45, 2.75) is 25.8 Å².